The van der Waals surface area contributed by atoms with Crippen LogP contribution in [0.3, 0.4) is 0 Å². The van der Waals surface area contributed by atoms with Crippen LogP contribution in [0, 0.1) is 5.92 Å². The van der Waals surface area contributed by atoms with Gasteiger partial charge in [0, 0.05) is 57.2 Å². The third-order valence-corrected chi connectivity index (χ3v) is 8.06. The largest absolute Gasteiger partial charge is 0.353 e. The van der Waals surface area contributed by atoms with Gasteiger partial charge in [0.05, 0.1) is 17.2 Å². The third kappa shape index (κ3) is 6.42. The number of piperazine rings is 1. The first-order chi connectivity index (χ1) is 19.2. The van der Waals surface area contributed by atoms with Gasteiger partial charge in [-0.2, -0.15) is 0 Å². The minimum atomic E-state index is 0.126. The molecule has 3 heterocycles. The second-order valence-corrected chi connectivity index (χ2v) is 10.9. The average molecular weight is 521 g/mol. The summed E-state index contributed by atoms with van der Waals surface area (Å²) in [6.07, 6.45) is 12.5. The number of carbonyl (C=O) groups is 1. The van der Waals surface area contributed by atoms with Crippen molar-refractivity contribution in [2.75, 3.05) is 36.4 Å². The number of fused-ring (bicyclic) bond motifs is 1. The highest BCUT2D eigenvalue weighted by Crippen LogP contribution is 2.28. The van der Waals surface area contributed by atoms with Crippen LogP contribution in [0.5, 0.6) is 0 Å². The summed E-state index contributed by atoms with van der Waals surface area (Å²) in [7, 11) is 0. The zero-order chi connectivity index (χ0) is 26.4. The summed E-state index contributed by atoms with van der Waals surface area (Å²) in [5.41, 5.74) is 6.08. The molecule has 0 atom stereocenters. The summed E-state index contributed by atoms with van der Waals surface area (Å²) in [5, 5.41) is 3.08. The molecule has 1 N–H and O–H groups in total. The normalized spacial score (nSPS) is 16.9. The van der Waals surface area contributed by atoms with E-state index in [2.05, 4.69) is 50.4 Å². The Bertz CT molecular complexity index is 1390. The van der Waals surface area contributed by atoms with Gasteiger partial charge in [-0.05, 0) is 65.8 Å². The molecular weight excluding hydrogens is 484 g/mol. The molecule has 4 aromatic rings. The van der Waals surface area contributed by atoms with Crippen LogP contribution in [0.4, 0.5) is 11.5 Å². The Balaban J connectivity index is 1.09. The summed E-state index contributed by atoms with van der Waals surface area (Å²) in [4.78, 5) is 31.2. The van der Waals surface area contributed by atoms with Gasteiger partial charge >= 0.3 is 0 Å². The van der Waals surface area contributed by atoms with E-state index < -0.39 is 0 Å². The number of anilines is 2. The van der Waals surface area contributed by atoms with Gasteiger partial charge in [-0.15, -0.1) is 0 Å². The number of pyridine rings is 1. The number of benzene rings is 2. The molecule has 200 valence electrons. The Labute approximate surface area is 230 Å². The molecule has 0 bridgehead atoms. The van der Waals surface area contributed by atoms with E-state index in [4.69, 9.17) is 9.97 Å². The first kappa shape index (κ1) is 25.4. The van der Waals surface area contributed by atoms with E-state index in [1.165, 1.54) is 37.7 Å². The molecule has 1 aliphatic heterocycles. The second-order valence-electron chi connectivity index (χ2n) is 10.9. The van der Waals surface area contributed by atoms with Gasteiger partial charge in [-0.1, -0.05) is 43.5 Å². The van der Waals surface area contributed by atoms with Crippen LogP contribution in [0.25, 0.3) is 22.2 Å². The number of amides is 1. The number of hydrogen-bond donors (Lipinski definition) is 1. The molecule has 1 saturated carbocycles. The Hall–Kier alpha value is -3.84. The molecule has 2 fully saturated rings. The van der Waals surface area contributed by atoms with Crippen LogP contribution >= 0.6 is 0 Å². The van der Waals surface area contributed by atoms with Crippen LogP contribution < -0.4 is 10.2 Å². The van der Waals surface area contributed by atoms with Crippen molar-refractivity contribution in [2.24, 2.45) is 5.92 Å². The maximum Gasteiger partial charge on any atom is 0.224 e. The second kappa shape index (κ2) is 11.9. The zero-order valence-corrected chi connectivity index (χ0v) is 22.4. The van der Waals surface area contributed by atoms with Crippen molar-refractivity contribution < 1.29 is 4.79 Å². The Morgan fingerprint density at radius 1 is 0.872 bits per heavy atom. The van der Waals surface area contributed by atoms with Crippen molar-refractivity contribution in [1.82, 2.24) is 19.9 Å². The average Bonchev–Trinajstić information content (AvgIpc) is 2.98. The minimum absolute atomic E-state index is 0.126. The Morgan fingerprint density at radius 2 is 1.67 bits per heavy atom. The highest BCUT2D eigenvalue weighted by atomic mass is 16.1. The SMILES string of the molecule is O=C(CC1CCCCC1)Nc1ccc(-c2ccc3ncc(N4CCN(Cc5cccnc5)CC4)nc3c2)cc1. The Kier molecular flexibility index (Phi) is 7.77. The van der Waals surface area contributed by atoms with E-state index in [0.717, 1.165) is 66.4 Å². The first-order valence-electron chi connectivity index (χ1n) is 14.2. The van der Waals surface area contributed by atoms with Crippen molar-refractivity contribution in [3.8, 4) is 11.1 Å². The van der Waals surface area contributed by atoms with Crippen LogP contribution in [-0.4, -0.2) is 51.9 Å². The number of carbonyl (C=O) groups excluding carboxylic acids is 1. The van der Waals surface area contributed by atoms with Gasteiger partial charge in [-0.3, -0.25) is 19.7 Å². The van der Waals surface area contributed by atoms with E-state index in [0.29, 0.717) is 12.3 Å². The number of rotatable bonds is 7. The highest BCUT2D eigenvalue weighted by molar-refractivity contribution is 5.91. The molecule has 2 aromatic heterocycles. The molecule has 39 heavy (non-hydrogen) atoms. The summed E-state index contributed by atoms with van der Waals surface area (Å²) < 4.78 is 0. The summed E-state index contributed by atoms with van der Waals surface area (Å²) >= 11 is 0. The molecule has 2 aliphatic rings. The number of nitrogens with zero attached hydrogens (tertiary/aromatic N) is 5. The van der Waals surface area contributed by atoms with Gasteiger partial charge in [0.15, 0.2) is 0 Å². The lowest BCUT2D eigenvalue weighted by molar-refractivity contribution is -0.117. The highest BCUT2D eigenvalue weighted by Gasteiger charge is 2.19. The smallest absolute Gasteiger partial charge is 0.224 e. The molecule has 1 saturated heterocycles. The van der Waals surface area contributed by atoms with Crippen LogP contribution in [0.2, 0.25) is 0 Å². The van der Waals surface area contributed by atoms with Gasteiger partial charge in [0.2, 0.25) is 5.91 Å². The van der Waals surface area contributed by atoms with Crippen LogP contribution in [-0.2, 0) is 11.3 Å². The lowest BCUT2D eigenvalue weighted by Gasteiger charge is -2.35. The lowest BCUT2D eigenvalue weighted by Crippen LogP contribution is -2.46. The lowest BCUT2D eigenvalue weighted by atomic mass is 9.87. The molecule has 0 radical (unpaired) electrons. The topological polar surface area (TPSA) is 74.2 Å². The Morgan fingerprint density at radius 3 is 2.44 bits per heavy atom. The molecule has 0 spiro atoms. The number of hydrogen-bond acceptors (Lipinski definition) is 6. The quantitative estimate of drug-likeness (QED) is 0.326. The van der Waals surface area contributed by atoms with E-state index in [1.807, 2.05) is 42.9 Å². The van der Waals surface area contributed by atoms with Gasteiger partial charge < -0.3 is 10.2 Å². The van der Waals surface area contributed by atoms with Crippen molar-refractivity contribution in [3.05, 3.63) is 78.8 Å². The summed E-state index contributed by atoms with van der Waals surface area (Å²) in [6, 6.07) is 18.5. The fourth-order valence-corrected chi connectivity index (χ4v) is 5.83. The predicted octanol–water partition coefficient (Wildman–Crippen LogP) is 5.92. The monoisotopic (exact) mass is 520 g/mol. The molecule has 1 aliphatic carbocycles. The zero-order valence-electron chi connectivity index (χ0n) is 22.4. The molecular formula is C32H36N6O. The van der Waals surface area contributed by atoms with E-state index in [-0.39, 0.29) is 5.91 Å². The van der Waals surface area contributed by atoms with Crippen molar-refractivity contribution >= 4 is 28.4 Å². The molecule has 6 rings (SSSR count). The van der Waals surface area contributed by atoms with E-state index in [1.54, 1.807) is 0 Å². The fourth-order valence-electron chi connectivity index (χ4n) is 5.83. The van der Waals surface area contributed by atoms with Crippen molar-refractivity contribution in [1.29, 1.82) is 0 Å². The standard InChI is InChI=1S/C32H36N6O/c39-32(19-24-5-2-1-3-6-24)35-28-11-8-26(9-12-28)27-10-13-29-30(20-27)36-31(22-34-29)38-17-15-37(16-18-38)23-25-7-4-14-33-21-25/h4,7-14,20-22,24H,1-3,5-6,15-19,23H2,(H,35,39). The summed E-state index contributed by atoms with van der Waals surface area (Å²) in [6.45, 7) is 4.75. The van der Waals surface area contributed by atoms with E-state index >= 15 is 0 Å². The van der Waals surface area contributed by atoms with Crippen LogP contribution in [0.15, 0.2) is 73.2 Å². The maximum absolute atomic E-state index is 12.5. The molecule has 7 nitrogen and oxygen atoms in total. The number of aromatic nitrogens is 3. The predicted molar refractivity (Wildman–Crippen MR) is 157 cm³/mol. The van der Waals surface area contributed by atoms with Gasteiger partial charge in [-0.25, -0.2) is 4.98 Å². The van der Waals surface area contributed by atoms with Crippen LogP contribution in [0.1, 0.15) is 44.1 Å². The molecule has 0 unspecified atom stereocenters. The van der Waals surface area contributed by atoms with Crippen molar-refractivity contribution in [3.63, 3.8) is 0 Å². The fraction of sp³-hybridized carbons (Fsp3) is 0.375. The van der Waals surface area contributed by atoms with Gasteiger partial charge in [0.25, 0.3) is 0 Å². The summed E-state index contributed by atoms with van der Waals surface area (Å²) in [5.74, 6) is 1.59. The van der Waals surface area contributed by atoms with E-state index in [9.17, 15) is 4.79 Å². The third-order valence-electron chi connectivity index (χ3n) is 8.06. The van der Waals surface area contributed by atoms with Gasteiger partial charge in [0.1, 0.15) is 5.82 Å². The maximum atomic E-state index is 12.5. The molecule has 2 aromatic carbocycles. The van der Waals surface area contributed by atoms with Crippen molar-refractivity contribution in [2.45, 2.75) is 45.1 Å². The first-order valence-corrected chi connectivity index (χ1v) is 14.2. The minimum Gasteiger partial charge on any atom is -0.353 e. The molecule has 1 amide bonds. The molecule has 7 heteroatoms. The number of nitrogens with one attached hydrogen (secondary N) is 1.